The molecule has 2 aromatic heterocycles. The number of fused-ring (bicyclic) bond motifs is 1. The lowest BCUT2D eigenvalue weighted by molar-refractivity contribution is 1.18. The maximum Gasteiger partial charge on any atom is 0.226 e. The predicted molar refractivity (Wildman–Crippen MR) is 81.7 cm³/mol. The van der Waals surface area contributed by atoms with Gasteiger partial charge in [-0.25, -0.2) is 9.97 Å². The van der Waals surface area contributed by atoms with Crippen molar-refractivity contribution in [3.05, 3.63) is 46.7 Å². The molecule has 0 radical (unpaired) electrons. The van der Waals surface area contributed by atoms with Gasteiger partial charge in [-0.1, -0.05) is 23.8 Å². The van der Waals surface area contributed by atoms with Crippen LogP contribution >= 0.6 is 11.6 Å². The van der Waals surface area contributed by atoms with Crippen LogP contribution in [-0.4, -0.2) is 15.0 Å². The number of pyridine rings is 1. The molecule has 0 spiro atoms. The van der Waals surface area contributed by atoms with Crippen molar-refractivity contribution in [1.82, 2.24) is 15.0 Å². The van der Waals surface area contributed by atoms with E-state index in [2.05, 4.69) is 34.0 Å². The van der Waals surface area contributed by atoms with Gasteiger partial charge in [0.1, 0.15) is 5.82 Å². The van der Waals surface area contributed by atoms with Gasteiger partial charge >= 0.3 is 0 Å². The fourth-order valence-corrected chi connectivity index (χ4v) is 2.44. The van der Waals surface area contributed by atoms with E-state index >= 15 is 0 Å². The molecule has 2 N–H and O–H groups in total. The van der Waals surface area contributed by atoms with E-state index in [0.29, 0.717) is 11.5 Å². The van der Waals surface area contributed by atoms with Crippen LogP contribution < -0.4 is 5.73 Å². The van der Waals surface area contributed by atoms with Gasteiger partial charge in [-0.05, 0) is 43.1 Å². The van der Waals surface area contributed by atoms with Gasteiger partial charge in [0.25, 0.3) is 0 Å². The third-order valence-electron chi connectivity index (χ3n) is 3.18. The van der Waals surface area contributed by atoms with E-state index in [1.807, 2.05) is 25.1 Å². The van der Waals surface area contributed by atoms with E-state index in [1.165, 1.54) is 5.56 Å². The van der Waals surface area contributed by atoms with E-state index in [-0.39, 0.29) is 5.28 Å². The summed E-state index contributed by atoms with van der Waals surface area (Å²) in [5.74, 6) is 0.362. The monoisotopic (exact) mass is 284 g/mol. The molecule has 100 valence electrons. The first-order chi connectivity index (χ1) is 9.54. The average Bonchev–Trinajstić information content (AvgIpc) is 2.37. The van der Waals surface area contributed by atoms with Crippen molar-refractivity contribution >= 4 is 28.5 Å². The van der Waals surface area contributed by atoms with Crippen LogP contribution in [0.15, 0.2) is 30.3 Å². The van der Waals surface area contributed by atoms with Crippen molar-refractivity contribution in [2.24, 2.45) is 0 Å². The molecule has 2 heterocycles. The minimum atomic E-state index is 0.114. The van der Waals surface area contributed by atoms with E-state index in [0.717, 1.165) is 22.2 Å². The van der Waals surface area contributed by atoms with Crippen LogP contribution in [0.5, 0.6) is 0 Å². The lowest BCUT2D eigenvalue weighted by atomic mass is 10.1. The molecule has 20 heavy (non-hydrogen) atoms. The van der Waals surface area contributed by atoms with Gasteiger partial charge in [0.15, 0.2) is 5.65 Å². The van der Waals surface area contributed by atoms with Crippen molar-refractivity contribution in [3.63, 3.8) is 0 Å². The summed E-state index contributed by atoms with van der Waals surface area (Å²) in [6.45, 7) is 4.02. The summed E-state index contributed by atoms with van der Waals surface area (Å²) in [5, 5.41) is 0.870. The van der Waals surface area contributed by atoms with Gasteiger partial charge in [-0.2, -0.15) is 4.98 Å². The first-order valence-corrected chi connectivity index (χ1v) is 6.60. The van der Waals surface area contributed by atoms with Crippen LogP contribution in [0.2, 0.25) is 5.28 Å². The molecule has 0 saturated heterocycles. The lowest BCUT2D eigenvalue weighted by Gasteiger charge is -2.08. The topological polar surface area (TPSA) is 64.7 Å². The standard InChI is InChI=1S/C15H13ClN4/c1-8-4-3-5-10(6-8)11-7-9(2)12-13(17)19-15(16)20-14(12)18-11/h3-7H,1-2H3,(H2,17,18,19,20). The second kappa shape index (κ2) is 4.72. The van der Waals surface area contributed by atoms with Crippen LogP contribution in [-0.2, 0) is 0 Å². The minimum Gasteiger partial charge on any atom is -0.383 e. The predicted octanol–water partition coefficient (Wildman–Crippen LogP) is 3.54. The number of hydrogen-bond donors (Lipinski definition) is 1. The average molecular weight is 285 g/mol. The zero-order chi connectivity index (χ0) is 14.3. The highest BCUT2D eigenvalue weighted by Gasteiger charge is 2.11. The maximum absolute atomic E-state index is 5.90. The molecule has 0 aliphatic carbocycles. The summed E-state index contributed by atoms with van der Waals surface area (Å²) < 4.78 is 0. The van der Waals surface area contributed by atoms with Crippen LogP contribution in [0.3, 0.4) is 0 Å². The first kappa shape index (κ1) is 12.8. The second-order valence-electron chi connectivity index (χ2n) is 4.77. The molecule has 3 rings (SSSR count). The summed E-state index contributed by atoms with van der Waals surface area (Å²) in [5.41, 5.74) is 10.5. The molecule has 0 atom stereocenters. The fraction of sp³-hybridized carbons (Fsp3) is 0.133. The molecule has 5 heteroatoms. The highest BCUT2D eigenvalue weighted by molar-refractivity contribution is 6.28. The molecule has 0 bridgehead atoms. The molecule has 0 aliphatic heterocycles. The minimum absolute atomic E-state index is 0.114. The number of halogens is 1. The van der Waals surface area contributed by atoms with Crippen molar-refractivity contribution in [3.8, 4) is 11.3 Å². The van der Waals surface area contributed by atoms with E-state index in [4.69, 9.17) is 17.3 Å². The summed E-state index contributed by atoms with van der Waals surface area (Å²) >= 11 is 5.86. The van der Waals surface area contributed by atoms with Gasteiger partial charge in [0.05, 0.1) is 11.1 Å². The zero-order valence-corrected chi connectivity index (χ0v) is 11.9. The third-order valence-corrected chi connectivity index (χ3v) is 3.35. The van der Waals surface area contributed by atoms with Crippen molar-refractivity contribution in [1.29, 1.82) is 0 Å². The van der Waals surface area contributed by atoms with E-state index in [1.54, 1.807) is 0 Å². The van der Waals surface area contributed by atoms with Crippen molar-refractivity contribution in [2.45, 2.75) is 13.8 Å². The van der Waals surface area contributed by atoms with Crippen molar-refractivity contribution in [2.75, 3.05) is 5.73 Å². The fourth-order valence-electron chi connectivity index (χ4n) is 2.27. The summed E-state index contributed by atoms with van der Waals surface area (Å²) in [6.07, 6.45) is 0. The molecule has 4 nitrogen and oxygen atoms in total. The highest BCUT2D eigenvalue weighted by Crippen LogP contribution is 2.27. The summed E-state index contributed by atoms with van der Waals surface area (Å²) in [4.78, 5) is 12.7. The Morgan fingerprint density at radius 1 is 1.05 bits per heavy atom. The van der Waals surface area contributed by atoms with Gasteiger partial charge in [-0.3, -0.25) is 0 Å². The number of anilines is 1. The Hall–Kier alpha value is -2.20. The number of aryl methyl sites for hydroxylation is 2. The van der Waals surface area contributed by atoms with Crippen LogP contribution in [0.25, 0.3) is 22.3 Å². The van der Waals surface area contributed by atoms with Gasteiger partial charge in [0, 0.05) is 5.56 Å². The Morgan fingerprint density at radius 2 is 1.85 bits per heavy atom. The van der Waals surface area contributed by atoms with Gasteiger partial charge < -0.3 is 5.73 Å². The van der Waals surface area contributed by atoms with Crippen LogP contribution in [0.1, 0.15) is 11.1 Å². The maximum atomic E-state index is 5.90. The number of benzene rings is 1. The highest BCUT2D eigenvalue weighted by atomic mass is 35.5. The molecule has 0 fully saturated rings. The molecule has 0 unspecified atom stereocenters. The van der Waals surface area contributed by atoms with E-state index in [9.17, 15) is 0 Å². The number of rotatable bonds is 1. The van der Waals surface area contributed by atoms with Crippen LogP contribution in [0, 0.1) is 13.8 Å². The quantitative estimate of drug-likeness (QED) is 0.694. The van der Waals surface area contributed by atoms with E-state index < -0.39 is 0 Å². The number of nitrogens with two attached hydrogens (primary N) is 1. The number of nitrogens with zero attached hydrogens (tertiary/aromatic N) is 3. The van der Waals surface area contributed by atoms with Gasteiger partial charge in [-0.15, -0.1) is 0 Å². The Morgan fingerprint density at radius 3 is 2.60 bits per heavy atom. The number of hydrogen-bond acceptors (Lipinski definition) is 4. The van der Waals surface area contributed by atoms with Crippen molar-refractivity contribution < 1.29 is 0 Å². The Balaban J connectivity index is 2.29. The zero-order valence-electron chi connectivity index (χ0n) is 11.2. The molecule has 0 aliphatic rings. The molecular formula is C15H13ClN4. The number of nitrogen functional groups attached to an aromatic ring is 1. The second-order valence-corrected chi connectivity index (χ2v) is 5.11. The Bertz CT molecular complexity index is 814. The third kappa shape index (κ3) is 2.18. The summed E-state index contributed by atoms with van der Waals surface area (Å²) in [6, 6.07) is 10.2. The summed E-state index contributed by atoms with van der Waals surface area (Å²) in [7, 11) is 0. The Labute approximate surface area is 121 Å². The SMILES string of the molecule is Cc1cccc(-c2cc(C)c3c(N)nc(Cl)nc3n2)c1. The number of aromatic nitrogens is 3. The smallest absolute Gasteiger partial charge is 0.226 e. The largest absolute Gasteiger partial charge is 0.383 e. The molecule has 0 saturated carbocycles. The molecule has 1 aromatic carbocycles. The normalized spacial score (nSPS) is 10.9. The first-order valence-electron chi connectivity index (χ1n) is 6.22. The lowest BCUT2D eigenvalue weighted by Crippen LogP contribution is -1.99. The molecule has 0 amide bonds. The molecular weight excluding hydrogens is 272 g/mol. The molecule has 3 aromatic rings. The Kier molecular flexibility index (Phi) is 3.03. The van der Waals surface area contributed by atoms with Crippen LogP contribution in [0.4, 0.5) is 5.82 Å². The van der Waals surface area contributed by atoms with Gasteiger partial charge in [0.2, 0.25) is 5.28 Å².